The SMILES string of the molecule is Cc1c(CBr)ccc(Cl)c1C(=O)c1c(Cl)ccc(CBr)c1C. The van der Waals surface area contributed by atoms with Crippen LogP contribution in [0.5, 0.6) is 0 Å². The van der Waals surface area contributed by atoms with Crippen molar-refractivity contribution in [1.29, 1.82) is 0 Å². The second kappa shape index (κ2) is 7.48. The Morgan fingerprint density at radius 2 is 1.23 bits per heavy atom. The third-order valence-electron chi connectivity index (χ3n) is 3.79. The number of hydrogen-bond acceptors (Lipinski definition) is 1. The first kappa shape index (κ1) is 18.0. The van der Waals surface area contributed by atoms with E-state index in [1.165, 1.54) is 0 Å². The molecule has 5 heteroatoms. The molecule has 0 radical (unpaired) electrons. The molecule has 2 aromatic carbocycles. The summed E-state index contributed by atoms with van der Waals surface area (Å²) < 4.78 is 0. The Bertz CT molecular complexity index is 680. The van der Waals surface area contributed by atoms with Crippen LogP contribution in [0, 0.1) is 13.8 Å². The molecule has 2 aromatic rings. The molecule has 0 bridgehead atoms. The maximum atomic E-state index is 13.1. The first-order valence-corrected chi connectivity index (χ1v) is 9.64. The maximum Gasteiger partial charge on any atom is 0.196 e. The third-order valence-corrected chi connectivity index (χ3v) is 5.63. The van der Waals surface area contributed by atoms with Crippen molar-refractivity contribution in [2.45, 2.75) is 24.5 Å². The molecule has 0 amide bonds. The maximum absolute atomic E-state index is 13.1. The fraction of sp³-hybridized carbons (Fsp3) is 0.235. The number of halogens is 4. The smallest absolute Gasteiger partial charge is 0.196 e. The van der Waals surface area contributed by atoms with Crippen molar-refractivity contribution in [3.63, 3.8) is 0 Å². The van der Waals surface area contributed by atoms with Gasteiger partial charge in [-0.3, -0.25) is 4.79 Å². The standard InChI is InChI=1S/C17H14Br2Cl2O/c1-9-11(7-18)3-5-13(20)15(9)17(22)16-10(2)12(8-19)4-6-14(16)21/h3-6H,7-8H2,1-2H3. The van der Waals surface area contributed by atoms with Gasteiger partial charge in [-0.1, -0.05) is 67.2 Å². The van der Waals surface area contributed by atoms with Crippen LogP contribution < -0.4 is 0 Å². The van der Waals surface area contributed by atoms with E-state index in [9.17, 15) is 4.79 Å². The summed E-state index contributed by atoms with van der Waals surface area (Å²) in [4.78, 5) is 13.1. The molecular weight excluding hydrogens is 451 g/mol. The Morgan fingerprint density at radius 3 is 1.55 bits per heavy atom. The molecule has 0 aliphatic heterocycles. The summed E-state index contributed by atoms with van der Waals surface area (Å²) in [5.41, 5.74) is 4.89. The van der Waals surface area contributed by atoms with E-state index < -0.39 is 0 Å². The van der Waals surface area contributed by atoms with E-state index in [-0.39, 0.29) is 5.78 Å². The van der Waals surface area contributed by atoms with Gasteiger partial charge < -0.3 is 0 Å². The minimum Gasteiger partial charge on any atom is -0.288 e. The van der Waals surface area contributed by atoms with E-state index in [0.29, 0.717) is 31.8 Å². The summed E-state index contributed by atoms with van der Waals surface area (Å²) in [6, 6.07) is 7.37. The van der Waals surface area contributed by atoms with Gasteiger partial charge in [0.2, 0.25) is 0 Å². The fourth-order valence-corrected chi connectivity index (χ4v) is 4.21. The van der Waals surface area contributed by atoms with Crippen LogP contribution in [0.2, 0.25) is 10.0 Å². The van der Waals surface area contributed by atoms with Gasteiger partial charge in [0.15, 0.2) is 5.78 Å². The zero-order valence-electron chi connectivity index (χ0n) is 12.1. The van der Waals surface area contributed by atoms with E-state index in [1.807, 2.05) is 26.0 Å². The van der Waals surface area contributed by atoms with Crippen LogP contribution in [-0.4, -0.2) is 5.78 Å². The molecule has 0 saturated carbocycles. The molecular formula is C17H14Br2Cl2O. The molecule has 116 valence electrons. The Labute approximate surface area is 157 Å². The van der Waals surface area contributed by atoms with Gasteiger partial charge >= 0.3 is 0 Å². The van der Waals surface area contributed by atoms with Gasteiger partial charge in [0.05, 0.1) is 10.0 Å². The van der Waals surface area contributed by atoms with Crippen LogP contribution in [0.25, 0.3) is 0 Å². The van der Waals surface area contributed by atoms with Crippen LogP contribution in [0.15, 0.2) is 24.3 Å². The average Bonchev–Trinajstić information content (AvgIpc) is 2.48. The van der Waals surface area contributed by atoms with Crippen molar-refractivity contribution in [3.05, 3.63) is 67.7 Å². The van der Waals surface area contributed by atoms with Crippen LogP contribution >= 0.6 is 55.1 Å². The zero-order chi connectivity index (χ0) is 16.4. The highest BCUT2D eigenvalue weighted by Crippen LogP contribution is 2.32. The van der Waals surface area contributed by atoms with Crippen LogP contribution in [-0.2, 0) is 10.7 Å². The first-order valence-electron chi connectivity index (χ1n) is 6.65. The average molecular weight is 465 g/mol. The van der Waals surface area contributed by atoms with E-state index in [4.69, 9.17) is 23.2 Å². The summed E-state index contributed by atoms with van der Waals surface area (Å²) in [6.45, 7) is 3.82. The normalized spacial score (nSPS) is 10.8. The van der Waals surface area contributed by atoms with Crippen LogP contribution in [0.1, 0.15) is 38.2 Å². The van der Waals surface area contributed by atoms with Crippen molar-refractivity contribution in [2.75, 3.05) is 0 Å². The Kier molecular flexibility index (Phi) is 6.12. The minimum absolute atomic E-state index is 0.129. The molecule has 0 N–H and O–H groups in total. The number of carbonyl (C=O) groups excluding carboxylic acids is 1. The van der Waals surface area contributed by atoms with E-state index in [2.05, 4.69) is 31.9 Å². The highest BCUT2D eigenvalue weighted by atomic mass is 79.9. The molecule has 0 unspecified atom stereocenters. The molecule has 0 spiro atoms. The van der Waals surface area contributed by atoms with E-state index >= 15 is 0 Å². The number of alkyl halides is 2. The van der Waals surface area contributed by atoms with Crippen molar-refractivity contribution in [2.24, 2.45) is 0 Å². The predicted octanol–water partition coefficient (Wildman–Crippen LogP) is 6.63. The summed E-state index contributed by atoms with van der Waals surface area (Å²) in [7, 11) is 0. The third kappa shape index (κ3) is 3.28. The van der Waals surface area contributed by atoms with Crippen molar-refractivity contribution >= 4 is 60.8 Å². The lowest BCUT2D eigenvalue weighted by Crippen LogP contribution is -2.10. The predicted molar refractivity (Wildman–Crippen MR) is 101 cm³/mol. The largest absolute Gasteiger partial charge is 0.288 e. The molecule has 0 aliphatic rings. The van der Waals surface area contributed by atoms with E-state index in [0.717, 1.165) is 22.3 Å². The first-order chi connectivity index (χ1) is 10.4. The minimum atomic E-state index is -0.129. The molecule has 0 atom stereocenters. The van der Waals surface area contributed by atoms with Gasteiger partial charge in [0.1, 0.15) is 0 Å². The number of rotatable bonds is 4. The number of ketones is 1. The molecule has 2 rings (SSSR count). The Hall–Kier alpha value is -0.350. The number of benzene rings is 2. The summed E-state index contributed by atoms with van der Waals surface area (Å²) >= 11 is 19.5. The van der Waals surface area contributed by atoms with Crippen LogP contribution in [0.4, 0.5) is 0 Å². The fourth-order valence-electron chi connectivity index (χ4n) is 2.42. The van der Waals surface area contributed by atoms with Gasteiger partial charge in [-0.05, 0) is 48.2 Å². The summed E-state index contributed by atoms with van der Waals surface area (Å²) in [6.07, 6.45) is 0. The lowest BCUT2D eigenvalue weighted by atomic mass is 9.92. The molecule has 0 saturated heterocycles. The molecule has 1 nitrogen and oxygen atoms in total. The van der Waals surface area contributed by atoms with Gasteiger partial charge in [0.25, 0.3) is 0 Å². The lowest BCUT2D eigenvalue weighted by Gasteiger charge is -2.15. The van der Waals surface area contributed by atoms with Crippen molar-refractivity contribution in [3.8, 4) is 0 Å². The highest BCUT2D eigenvalue weighted by Gasteiger charge is 2.22. The second-order valence-corrected chi connectivity index (χ2v) is 6.95. The monoisotopic (exact) mass is 462 g/mol. The molecule has 0 heterocycles. The van der Waals surface area contributed by atoms with Crippen molar-refractivity contribution < 1.29 is 4.79 Å². The van der Waals surface area contributed by atoms with Gasteiger partial charge in [0, 0.05) is 21.8 Å². The molecule has 0 aliphatic carbocycles. The quantitative estimate of drug-likeness (QED) is 0.366. The molecule has 0 aromatic heterocycles. The van der Waals surface area contributed by atoms with Gasteiger partial charge in [-0.15, -0.1) is 0 Å². The summed E-state index contributed by atoms with van der Waals surface area (Å²) in [5, 5.41) is 2.24. The topological polar surface area (TPSA) is 17.1 Å². The molecule has 0 fully saturated rings. The molecule has 22 heavy (non-hydrogen) atoms. The second-order valence-electron chi connectivity index (χ2n) is 5.01. The lowest BCUT2D eigenvalue weighted by molar-refractivity contribution is 0.103. The Morgan fingerprint density at radius 1 is 0.864 bits per heavy atom. The Balaban J connectivity index is 2.69. The van der Waals surface area contributed by atoms with E-state index in [1.54, 1.807) is 12.1 Å². The zero-order valence-corrected chi connectivity index (χ0v) is 16.8. The van der Waals surface area contributed by atoms with Gasteiger partial charge in [-0.25, -0.2) is 0 Å². The summed E-state index contributed by atoms with van der Waals surface area (Å²) in [5.74, 6) is -0.129. The van der Waals surface area contributed by atoms with Gasteiger partial charge in [-0.2, -0.15) is 0 Å². The highest BCUT2D eigenvalue weighted by molar-refractivity contribution is 9.08. The van der Waals surface area contributed by atoms with Crippen molar-refractivity contribution in [1.82, 2.24) is 0 Å². The van der Waals surface area contributed by atoms with Crippen LogP contribution in [0.3, 0.4) is 0 Å². The number of carbonyl (C=O) groups is 1. The number of hydrogen-bond donors (Lipinski definition) is 0.